The molecule has 3 rings (SSSR count). The van der Waals surface area contributed by atoms with Crippen LogP contribution in [0.25, 0.3) is 0 Å². The standard InChI is InChI=1S/C15H9BrCl2N6O2/c16-8-1-4-12(19-6-8)23-15-13(24(25)26)14(20-7-21-15)22-9-2-3-10(17)11(18)5-9/h1-7H,(H2,19,20,21,22,23). The minimum absolute atomic E-state index is 0.00221. The van der Waals surface area contributed by atoms with Gasteiger partial charge in [0.15, 0.2) is 0 Å². The Morgan fingerprint density at radius 3 is 2.35 bits per heavy atom. The fraction of sp³-hybridized carbons (Fsp3) is 0. The highest BCUT2D eigenvalue weighted by Gasteiger charge is 2.23. The maximum atomic E-state index is 11.6. The lowest BCUT2D eigenvalue weighted by molar-refractivity contribution is -0.383. The highest BCUT2D eigenvalue weighted by Crippen LogP contribution is 2.34. The molecule has 0 fully saturated rings. The van der Waals surface area contributed by atoms with Gasteiger partial charge in [-0.05, 0) is 46.3 Å². The molecule has 2 heterocycles. The first-order valence-electron chi connectivity index (χ1n) is 7.04. The van der Waals surface area contributed by atoms with Gasteiger partial charge >= 0.3 is 5.69 Å². The zero-order valence-electron chi connectivity index (χ0n) is 12.8. The average Bonchev–Trinajstić information content (AvgIpc) is 2.60. The molecule has 0 radical (unpaired) electrons. The van der Waals surface area contributed by atoms with Crippen LogP contribution in [0.3, 0.4) is 0 Å². The molecule has 0 spiro atoms. The molecule has 1 aromatic carbocycles. The van der Waals surface area contributed by atoms with Crippen LogP contribution in [0.2, 0.25) is 10.0 Å². The predicted molar refractivity (Wildman–Crippen MR) is 104 cm³/mol. The minimum Gasteiger partial charge on any atom is -0.334 e. The number of anilines is 4. The number of benzene rings is 1. The number of halogens is 3. The van der Waals surface area contributed by atoms with Crippen LogP contribution in [0.4, 0.5) is 28.8 Å². The van der Waals surface area contributed by atoms with Crippen LogP contribution in [-0.4, -0.2) is 19.9 Å². The number of hydrogen-bond donors (Lipinski definition) is 2. The van der Waals surface area contributed by atoms with Gasteiger partial charge < -0.3 is 10.6 Å². The highest BCUT2D eigenvalue weighted by molar-refractivity contribution is 9.10. The van der Waals surface area contributed by atoms with Gasteiger partial charge in [0.1, 0.15) is 12.1 Å². The molecular formula is C15H9BrCl2N6O2. The van der Waals surface area contributed by atoms with Crippen molar-refractivity contribution in [2.75, 3.05) is 10.6 Å². The molecule has 0 aliphatic carbocycles. The van der Waals surface area contributed by atoms with Gasteiger partial charge in [0.05, 0.1) is 15.0 Å². The van der Waals surface area contributed by atoms with Crippen molar-refractivity contribution in [3.05, 3.63) is 67.5 Å². The Balaban J connectivity index is 1.96. The normalized spacial score (nSPS) is 10.4. The van der Waals surface area contributed by atoms with E-state index in [-0.39, 0.29) is 17.3 Å². The number of nitrogens with one attached hydrogen (secondary N) is 2. The zero-order valence-corrected chi connectivity index (χ0v) is 15.9. The number of hydrogen-bond acceptors (Lipinski definition) is 7. The van der Waals surface area contributed by atoms with Crippen molar-refractivity contribution in [2.24, 2.45) is 0 Å². The first-order valence-corrected chi connectivity index (χ1v) is 8.59. The maximum Gasteiger partial charge on any atom is 0.353 e. The third-order valence-corrected chi connectivity index (χ3v) is 4.37. The van der Waals surface area contributed by atoms with Crippen molar-refractivity contribution in [3.8, 4) is 0 Å². The summed E-state index contributed by atoms with van der Waals surface area (Å²) in [5.74, 6) is 0.404. The molecule has 0 atom stereocenters. The maximum absolute atomic E-state index is 11.6. The monoisotopic (exact) mass is 454 g/mol. The molecule has 0 bridgehead atoms. The fourth-order valence-corrected chi connectivity index (χ4v) is 2.55. The Morgan fingerprint density at radius 1 is 1.00 bits per heavy atom. The summed E-state index contributed by atoms with van der Waals surface area (Å²) in [5.41, 5.74) is 0.164. The van der Waals surface area contributed by atoms with E-state index in [2.05, 4.69) is 41.5 Å². The molecule has 0 aliphatic rings. The van der Waals surface area contributed by atoms with Crippen molar-refractivity contribution in [2.45, 2.75) is 0 Å². The Morgan fingerprint density at radius 2 is 1.73 bits per heavy atom. The van der Waals surface area contributed by atoms with E-state index in [1.54, 1.807) is 36.5 Å². The van der Waals surface area contributed by atoms with Crippen molar-refractivity contribution in [1.82, 2.24) is 15.0 Å². The van der Waals surface area contributed by atoms with Crippen LogP contribution in [0.15, 0.2) is 47.3 Å². The molecule has 0 aliphatic heterocycles. The number of aromatic nitrogens is 3. The predicted octanol–water partition coefficient (Wildman–Crippen LogP) is 5.34. The molecule has 11 heteroatoms. The first-order chi connectivity index (χ1) is 12.4. The quantitative estimate of drug-likeness (QED) is 0.395. The largest absolute Gasteiger partial charge is 0.353 e. The first kappa shape index (κ1) is 18.3. The summed E-state index contributed by atoms with van der Waals surface area (Å²) < 4.78 is 0.780. The summed E-state index contributed by atoms with van der Waals surface area (Å²) in [6.45, 7) is 0. The van der Waals surface area contributed by atoms with Crippen LogP contribution in [0.5, 0.6) is 0 Å². The van der Waals surface area contributed by atoms with Crippen LogP contribution in [0, 0.1) is 10.1 Å². The molecule has 0 amide bonds. The van der Waals surface area contributed by atoms with Gasteiger partial charge in [-0.3, -0.25) is 10.1 Å². The Labute approximate surface area is 165 Å². The van der Waals surface area contributed by atoms with Gasteiger partial charge in [-0.1, -0.05) is 23.2 Å². The van der Waals surface area contributed by atoms with Crippen molar-refractivity contribution >= 4 is 68.0 Å². The van der Waals surface area contributed by atoms with E-state index >= 15 is 0 Å². The van der Waals surface area contributed by atoms with Crippen LogP contribution in [0.1, 0.15) is 0 Å². The van der Waals surface area contributed by atoms with Gasteiger partial charge in [-0.15, -0.1) is 0 Å². The van der Waals surface area contributed by atoms with Gasteiger partial charge in [-0.25, -0.2) is 15.0 Å². The lowest BCUT2D eigenvalue weighted by Crippen LogP contribution is -2.06. The van der Waals surface area contributed by atoms with Crippen LogP contribution in [-0.2, 0) is 0 Å². The second-order valence-corrected chi connectivity index (χ2v) is 6.65. The second-order valence-electron chi connectivity index (χ2n) is 4.92. The topological polar surface area (TPSA) is 106 Å². The van der Waals surface area contributed by atoms with E-state index in [1.165, 1.54) is 6.33 Å². The molecule has 132 valence electrons. The molecule has 8 nitrogen and oxygen atoms in total. The SMILES string of the molecule is O=[N+]([O-])c1c(Nc2ccc(Cl)c(Cl)c2)ncnc1Nc1ccc(Br)cn1. The average molecular weight is 456 g/mol. The van der Waals surface area contributed by atoms with E-state index < -0.39 is 4.92 Å². The molecule has 0 saturated carbocycles. The van der Waals surface area contributed by atoms with Gasteiger partial charge in [0.2, 0.25) is 11.6 Å². The van der Waals surface area contributed by atoms with Crippen LogP contribution >= 0.6 is 39.1 Å². The van der Waals surface area contributed by atoms with E-state index in [1.807, 2.05) is 0 Å². The highest BCUT2D eigenvalue weighted by atomic mass is 79.9. The number of nitro groups is 1. The van der Waals surface area contributed by atoms with Crippen molar-refractivity contribution in [3.63, 3.8) is 0 Å². The number of rotatable bonds is 5. The van der Waals surface area contributed by atoms with Gasteiger partial charge in [0, 0.05) is 16.4 Å². The Kier molecular flexibility index (Phi) is 5.50. The lowest BCUT2D eigenvalue weighted by Gasteiger charge is -2.10. The van der Waals surface area contributed by atoms with E-state index in [0.29, 0.717) is 21.6 Å². The van der Waals surface area contributed by atoms with E-state index in [4.69, 9.17) is 23.2 Å². The Hall–Kier alpha value is -2.49. The summed E-state index contributed by atoms with van der Waals surface area (Å²) in [4.78, 5) is 23.0. The number of pyridine rings is 1. The van der Waals surface area contributed by atoms with Gasteiger partial charge in [0.25, 0.3) is 0 Å². The van der Waals surface area contributed by atoms with Crippen LogP contribution < -0.4 is 10.6 Å². The molecule has 2 aromatic heterocycles. The molecule has 0 unspecified atom stereocenters. The smallest absolute Gasteiger partial charge is 0.334 e. The minimum atomic E-state index is -0.582. The summed E-state index contributed by atoms with van der Waals surface area (Å²) in [6.07, 6.45) is 2.76. The summed E-state index contributed by atoms with van der Waals surface area (Å²) >= 11 is 15.1. The molecule has 0 saturated heterocycles. The van der Waals surface area contributed by atoms with Crippen molar-refractivity contribution in [1.29, 1.82) is 0 Å². The molecule has 26 heavy (non-hydrogen) atoms. The molecule has 3 aromatic rings. The summed E-state index contributed by atoms with van der Waals surface area (Å²) in [6, 6.07) is 8.14. The second kappa shape index (κ2) is 7.81. The molecular weight excluding hydrogens is 447 g/mol. The third-order valence-electron chi connectivity index (χ3n) is 3.16. The molecule has 2 N–H and O–H groups in total. The van der Waals surface area contributed by atoms with Gasteiger partial charge in [-0.2, -0.15) is 0 Å². The summed E-state index contributed by atoms with van der Waals surface area (Å²) in [7, 11) is 0. The van der Waals surface area contributed by atoms with E-state index in [0.717, 1.165) is 4.47 Å². The Bertz CT molecular complexity index is 971. The van der Waals surface area contributed by atoms with Crippen molar-refractivity contribution < 1.29 is 4.92 Å². The summed E-state index contributed by atoms with van der Waals surface area (Å²) in [5, 5.41) is 17.9. The van der Waals surface area contributed by atoms with E-state index in [9.17, 15) is 10.1 Å². The zero-order chi connectivity index (χ0) is 18.7. The number of nitrogens with zero attached hydrogens (tertiary/aromatic N) is 4. The third kappa shape index (κ3) is 4.18. The lowest BCUT2D eigenvalue weighted by atomic mass is 10.3. The fourth-order valence-electron chi connectivity index (χ4n) is 2.02.